The number of ether oxygens (including phenoxy) is 1. The zero-order valence-corrected chi connectivity index (χ0v) is 12.0. The maximum absolute atomic E-state index is 10.9. The zero-order chi connectivity index (χ0) is 15.1. The number of aliphatic carboxylic acids is 1. The summed E-state index contributed by atoms with van der Waals surface area (Å²) in [6.45, 7) is 0.101. The van der Waals surface area contributed by atoms with Crippen molar-refractivity contribution in [2.24, 2.45) is 0 Å². The van der Waals surface area contributed by atoms with Crippen molar-refractivity contribution < 1.29 is 14.6 Å². The van der Waals surface area contributed by atoms with Crippen LogP contribution in [0.25, 0.3) is 0 Å². The van der Waals surface area contributed by atoms with Crippen LogP contribution < -0.4 is 10.1 Å². The Labute approximate surface area is 124 Å². The van der Waals surface area contributed by atoms with Gasteiger partial charge in [0, 0.05) is 0 Å². The van der Waals surface area contributed by atoms with E-state index >= 15 is 0 Å². The topological polar surface area (TPSA) is 58.6 Å². The highest BCUT2D eigenvalue weighted by Crippen LogP contribution is 2.15. The number of rotatable bonds is 7. The van der Waals surface area contributed by atoms with E-state index < -0.39 is 12.0 Å². The Balaban J connectivity index is 1.91. The third-order valence-corrected chi connectivity index (χ3v) is 3.24. The third kappa shape index (κ3) is 4.61. The van der Waals surface area contributed by atoms with Gasteiger partial charge in [-0.05, 0) is 36.7 Å². The molecule has 1 atom stereocenters. The average molecular weight is 285 g/mol. The van der Waals surface area contributed by atoms with Gasteiger partial charge in [0.1, 0.15) is 18.4 Å². The van der Waals surface area contributed by atoms with E-state index in [2.05, 4.69) is 17.4 Å². The van der Waals surface area contributed by atoms with E-state index in [9.17, 15) is 4.79 Å². The maximum Gasteiger partial charge on any atom is 0.324 e. The van der Waals surface area contributed by atoms with Gasteiger partial charge in [-0.15, -0.1) is 0 Å². The van der Waals surface area contributed by atoms with E-state index in [1.54, 1.807) is 7.05 Å². The van der Waals surface area contributed by atoms with Gasteiger partial charge in [0.25, 0.3) is 0 Å². The number of nitrogens with one attached hydrogen (secondary N) is 1. The predicted molar refractivity (Wildman–Crippen MR) is 81.7 cm³/mol. The summed E-state index contributed by atoms with van der Waals surface area (Å²) in [7, 11) is 1.60. The third-order valence-electron chi connectivity index (χ3n) is 3.24. The zero-order valence-electron chi connectivity index (χ0n) is 12.0. The number of hydrogen-bond acceptors (Lipinski definition) is 3. The van der Waals surface area contributed by atoms with Gasteiger partial charge in [-0.25, -0.2) is 0 Å². The van der Waals surface area contributed by atoms with Crippen LogP contribution in [-0.4, -0.2) is 30.8 Å². The van der Waals surface area contributed by atoms with E-state index in [-0.39, 0.29) is 6.61 Å². The molecule has 2 rings (SSSR count). The van der Waals surface area contributed by atoms with E-state index in [1.165, 1.54) is 11.1 Å². The molecule has 0 saturated carbocycles. The number of carbonyl (C=O) groups is 1. The van der Waals surface area contributed by atoms with Crippen LogP contribution in [0.5, 0.6) is 5.75 Å². The Hall–Kier alpha value is -2.33. The molecule has 2 aromatic rings. The van der Waals surface area contributed by atoms with Crippen molar-refractivity contribution >= 4 is 5.97 Å². The minimum Gasteiger partial charge on any atom is -0.491 e. The molecule has 1 unspecified atom stereocenters. The van der Waals surface area contributed by atoms with Gasteiger partial charge >= 0.3 is 5.97 Å². The van der Waals surface area contributed by atoms with Gasteiger partial charge < -0.3 is 15.2 Å². The van der Waals surface area contributed by atoms with Crippen molar-refractivity contribution in [3.05, 3.63) is 65.7 Å². The quantitative estimate of drug-likeness (QED) is 0.819. The maximum atomic E-state index is 10.9. The number of likely N-dealkylation sites (N-methyl/N-ethyl adjacent to an activating group) is 1. The highest BCUT2D eigenvalue weighted by atomic mass is 16.5. The van der Waals surface area contributed by atoms with Gasteiger partial charge in [-0.2, -0.15) is 0 Å². The Bertz CT molecular complexity index is 566. The van der Waals surface area contributed by atoms with Crippen LogP contribution in [-0.2, 0) is 11.2 Å². The molecule has 0 amide bonds. The molecule has 0 spiro atoms. The number of benzene rings is 2. The second-order valence-corrected chi connectivity index (χ2v) is 4.80. The number of carboxylic acids is 1. The average Bonchev–Trinajstić information content (AvgIpc) is 2.50. The number of hydrogen-bond donors (Lipinski definition) is 2. The van der Waals surface area contributed by atoms with Crippen LogP contribution in [0.1, 0.15) is 11.1 Å². The fourth-order valence-corrected chi connectivity index (χ4v) is 1.99. The fraction of sp³-hybridized carbons (Fsp3) is 0.235. The van der Waals surface area contributed by atoms with E-state index in [4.69, 9.17) is 9.84 Å². The number of carboxylic acid groups (broad SMARTS) is 1. The molecule has 2 N–H and O–H groups in total. The molecular weight excluding hydrogens is 266 g/mol. The summed E-state index contributed by atoms with van der Waals surface area (Å²) in [5.74, 6) is -0.244. The van der Waals surface area contributed by atoms with E-state index in [1.807, 2.05) is 42.5 Å². The second-order valence-electron chi connectivity index (χ2n) is 4.80. The van der Waals surface area contributed by atoms with Gasteiger partial charge in [0.15, 0.2) is 0 Å². The lowest BCUT2D eigenvalue weighted by molar-refractivity contribution is -0.140. The lowest BCUT2D eigenvalue weighted by Crippen LogP contribution is -2.39. The first-order valence-corrected chi connectivity index (χ1v) is 6.85. The largest absolute Gasteiger partial charge is 0.491 e. The summed E-state index contributed by atoms with van der Waals surface area (Å²) >= 11 is 0. The molecule has 0 fully saturated rings. The molecule has 0 saturated heterocycles. The Kier molecular flexibility index (Phi) is 5.35. The van der Waals surface area contributed by atoms with Gasteiger partial charge in [-0.3, -0.25) is 4.79 Å². The van der Waals surface area contributed by atoms with Crippen LogP contribution in [0.15, 0.2) is 54.6 Å². The van der Waals surface area contributed by atoms with Crippen LogP contribution >= 0.6 is 0 Å². The first-order chi connectivity index (χ1) is 10.2. The van der Waals surface area contributed by atoms with Gasteiger partial charge in [0.05, 0.1) is 0 Å². The van der Waals surface area contributed by atoms with Crippen LogP contribution in [0, 0.1) is 0 Å². The first-order valence-electron chi connectivity index (χ1n) is 6.85. The molecular formula is C17H19NO3. The van der Waals surface area contributed by atoms with Crippen molar-refractivity contribution in [2.75, 3.05) is 13.7 Å². The lowest BCUT2D eigenvalue weighted by Gasteiger charge is -2.13. The summed E-state index contributed by atoms with van der Waals surface area (Å²) in [5.41, 5.74) is 2.45. The fourth-order valence-electron chi connectivity index (χ4n) is 1.99. The van der Waals surface area contributed by atoms with Crippen molar-refractivity contribution in [1.29, 1.82) is 0 Å². The van der Waals surface area contributed by atoms with Crippen LogP contribution in [0.4, 0.5) is 0 Å². The minimum absolute atomic E-state index is 0.101. The van der Waals surface area contributed by atoms with Crippen molar-refractivity contribution in [3.63, 3.8) is 0 Å². The van der Waals surface area contributed by atoms with Gasteiger partial charge in [-0.1, -0.05) is 42.5 Å². The molecule has 4 heteroatoms. The molecule has 0 bridgehead atoms. The van der Waals surface area contributed by atoms with Crippen molar-refractivity contribution in [1.82, 2.24) is 5.32 Å². The Morgan fingerprint density at radius 3 is 2.29 bits per heavy atom. The summed E-state index contributed by atoms with van der Waals surface area (Å²) in [6, 6.07) is 17.3. The lowest BCUT2D eigenvalue weighted by atomic mass is 10.1. The standard InChI is InChI=1S/C17H19NO3/c1-18-16(17(19)20)12-21-15-9-7-14(8-10-15)11-13-5-3-2-4-6-13/h2-10,16,18H,11-12H2,1H3,(H,19,20). The first kappa shape index (κ1) is 15.1. The Morgan fingerprint density at radius 1 is 1.10 bits per heavy atom. The molecule has 0 aromatic heterocycles. The van der Waals surface area contributed by atoms with Crippen LogP contribution in [0.2, 0.25) is 0 Å². The smallest absolute Gasteiger partial charge is 0.324 e. The second kappa shape index (κ2) is 7.45. The summed E-state index contributed by atoms with van der Waals surface area (Å²) in [6.07, 6.45) is 0.870. The van der Waals surface area contributed by atoms with Crippen molar-refractivity contribution in [2.45, 2.75) is 12.5 Å². The highest BCUT2D eigenvalue weighted by molar-refractivity contribution is 5.73. The normalized spacial score (nSPS) is 11.9. The summed E-state index contributed by atoms with van der Waals surface area (Å²) in [5, 5.41) is 11.6. The minimum atomic E-state index is -0.918. The summed E-state index contributed by atoms with van der Waals surface area (Å²) < 4.78 is 5.48. The molecule has 2 aromatic carbocycles. The molecule has 110 valence electrons. The molecule has 0 aliphatic rings. The molecule has 4 nitrogen and oxygen atoms in total. The monoisotopic (exact) mass is 285 g/mol. The molecule has 0 aliphatic heterocycles. The molecule has 0 heterocycles. The van der Waals surface area contributed by atoms with Crippen molar-refractivity contribution in [3.8, 4) is 5.75 Å². The van der Waals surface area contributed by atoms with Gasteiger partial charge in [0.2, 0.25) is 0 Å². The van der Waals surface area contributed by atoms with E-state index in [0.717, 1.165) is 6.42 Å². The molecule has 0 radical (unpaired) electrons. The van der Waals surface area contributed by atoms with Crippen LogP contribution in [0.3, 0.4) is 0 Å². The Morgan fingerprint density at radius 2 is 1.71 bits per heavy atom. The molecule has 21 heavy (non-hydrogen) atoms. The predicted octanol–water partition coefficient (Wildman–Crippen LogP) is 2.33. The summed E-state index contributed by atoms with van der Waals surface area (Å²) in [4.78, 5) is 10.9. The van der Waals surface area contributed by atoms with E-state index in [0.29, 0.717) is 5.75 Å². The molecule has 0 aliphatic carbocycles. The SMILES string of the molecule is CNC(COc1ccc(Cc2ccccc2)cc1)C(=O)O. The highest BCUT2D eigenvalue weighted by Gasteiger charge is 2.15.